The highest BCUT2D eigenvalue weighted by atomic mass is 19.1. The molecule has 122 valence electrons. The highest BCUT2D eigenvalue weighted by Gasteiger charge is 2.41. The van der Waals surface area contributed by atoms with Gasteiger partial charge in [0.15, 0.2) is 0 Å². The number of carbonyl (C=O) groups is 1. The van der Waals surface area contributed by atoms with Crippen LogP contribution in [-0.2, 0) is 4.79 Å². The van der Waals surface area contributed by atoms with Crippen molar-refractivity contribution in [3.63, 3.8) is 0 Å². The predicted octanol–water partition coefficient (Wildman–Crippen LogP) is 2.55. The van der Waals surface area contributed by atoms with Gasteiger partial charge in [-0.2, -0.15) is 0 Å². The number of carbonyl (C=O) groups excluding carboxylic acids is 1. The SMILES string of the molecule is CN1C(=O)C[C@H](c2ccccc2)[C@@H]1[C@H](O)C#Cc1ccc(F)cc1. The van der Waals surface area contributed by atoms with Crippen LogP contribution in [0, 0.1) is 17.7 Å². The molecule has 0 radical (unpaired) electrons. The third-order valence-electron chi connectivity index (χ3n) is 4.41. The Labute approximate surface area is 140 Å². The van der Waals surface area contributed by atoms with E-state index in [4.69, 9.17) is 0 Å². The molecule has 1 heterocycles. The van der Waals surface area contributed by atoms with Gasteiger partial charge in [-0.1, -0.05) is 42.2 Å². The average Bonchev–Trinajstić information content (AvgIpc) is 2.90. The fourth-order valence-electron chi connectivity index (χ4n) is 3.11. The molecule has 3 rings (SSSR count). The van der Waals surface area contributed by atoms with E-state index in [1.807, 2.05) is 30.3 Å². The molecule has 0 bridgehead atoms. The highest BCUT2D eigenvalue weighted by molar-refractivity contribution is 5.80. The quantitative estimate of drug-likeness (QED) is 0.863. The fraction of sp³-hybridized carbons (Fsp3) is 0.250. The summed E-state index contributed by atoms with van der Waals surface area (Å²) in [6.45, 7) is 0. The Morgan fingerprint density at radius 1 is 1.17 bits per heavy atom. The second-order valence-electron chi connectivity index (χ2n) is 5.94. The molecule has 0 aromatic heterocycles. The van der Waals surface area contributed by atoms with E-state index in [9.17, 15) is 14.3 Å². The zero-order valence-corrected chi connectivity index (χ0v) is 13.3. The second kappa shape index (κ2) is 6.86. The summed E-state index contributed by atoms with van der Waals surface area (Å²) in [5.74, 6) is 5.22. The minimum absolute atomic E-state index is 0.00325. The van der Waals surface area contributed by atoms with E-state index >= 15 is 0 Å². The summed E-state index contributed by atoms with van der Waals surface area (Å²) in [5, 5.41) is 10.5. The Kier molecular flexibility index (Phi) is 4.64. The first-order chi connectivity index (χ1) is 11.6. The summed E-state index contributed by atoms with van der Waals surface area (Å²) in [6, 6.07) is 15.1. The molecule has 1 fully saturated rings. The lowest BCUT2D eigenvalue weighted by Gasteiger charge is -2.27. The lowest BCUT2D eigenvalue weighted by Crippen LogP contribution is -2.40. The van der Waals surface area contributed by atoms with Crippen LogP contribution in [0.5, 0.6) is 0 Å². The summed E-state index contributed by atoms with van der Waals surface area (Å²) in [4.78, 5) is 13.7. The van der Waals surface area contributed by atoms with Gasteiger partial charge >= 0.3 is 0 Å². The monoisotopic (exact) mass is 323 g/mol. The predicted molar refractivity (Wildman–Crippen MR) is 89.6 cm³/mol. The number of hydrogen-bond acceptors (Lipinski definition) is 2. The van der Waals surface area contributed by atoms with Crippen LogP contribution in [0.2, 0.25) is 0 Å². The van der Waals surface area contributed by atoms with Crippen molar-refractivity contribution in [3.8, 4) is 11.8 Å². The standard InChI is InChI=1S/C20H18FNO2/c1-22-19(24)13-17(15-5-3-2-4-6-15)20(22)18(23)12-9-14-7-10-16(21)11-8-14/h2-8,10-11,17-18,20,23H,13H2,1H3/t17-,18-,20-/m1/s1. The minimum Gasteiger partial charge on any atom is -0.378 e. The molecule has 3 atom stereocenters. The van der Waals surface area contributed by atoms with Crippen LogP contribution >= 0.6 is 0 Å². The number of aliphatic hydroxyl groups excluding tert-OH is 1. The van der Waals surface area contributed by atoms with Gasteiger partial charge in [0.1, 0.15) is 11.9 Å². The molecule has 1 amide bonds. The van der Waals surface area contributed by atoms with Crippen LogP contribution in [0.3, 0.4) is 0 Å². The fourth-order valence-corrected chi connectivity index (χ4v) is 3.11. The van der Waals surface area contributed by atoms with Crippen molar-refractivity contribution in [2.24, 2.45) is 0 Å². The van der Waals surface area contributed by atoms with Gasteiger partial charge in [0.2, 0.25) is 5.91 Å². The molecular weight excluding hydrogens is 305 g/mol. The van der Waals surface area contributed by atoms with Crippen LogP contribution in [0.1, 0.15) is 23.5 Å². The van der Waals surface area contributed by atoms with Crippen molar-refractivity contribution < 1.29 is 14.3 Å². The number of rotatable bonds is 2. The number of nitrogens with zero attached hydrogens (tertiary/aromatic N) is 1. The lowest BCUT2D eigenvalue weighted by molar-refractivity contribution is -0.128. The molecule has 4 heteroatoms. The van der Waals surface area contributed by atoms with E-state index < -0.39 is 12.1 Å². The van der Waals surface area contributed by atoms with Crippen molar-refractivity contribution in [3.05, 3.63) is 71.5 Å². The Hall–Kier alpha value is -2.64. The normalized spacial score (nSPS) is 21.3. The molecule has 0 saturated carbocycles. The van der Waals surface area contributed by atoms with E-state index in [1.54, 1.807) is 24.1 Å². The molecule has 0 aliphatic carbocycles. The van der Waals surface area contributed by atoms with E-state index in [0.717, 1.165) is 5.56 Å². The molecule has 1 N–H and O–H groups in total. The van der Waals surface area contributed by atoms with Gasteiger partial charge in [-0.25, -0.2) is 4.39 Å². The maximum atomic E-state index is 12.9. The third-order valence-corrected chi connectivity index (χ3v) is 4.41. The number of aliphatic hydroxyl groups is 1. The third kappa shape index (κ3) is 3.32. The molecule has 0 unspecified atom stereocenters. The van der Waals surface area contributed by atoms with Crippen molar-refractivity contribution in [1.29, 1.82) is 0 Å². The van der Waals surface area contributed by atoms with E-state index in [2.05, 4.69) is 11.8 Å². The highest BCUT2D eigenvalue weighted by Crippen LogP contribution is 2.35. The first-order valence-electron chi connectivity index (χ1n) is 7.82. The zero-order valence-electron chi connectivity index (χ0n) is 13.3. The van der Waals surface area contributed by atoms with Crippen LogP contribution in [0.25, 0.3) is 0 Å². The minimum atomic E-state index is -0.975. The first-order valence-corrected chi connectivity index (χ1v) is 7.82. The molecule has 3 nitrogen and oxygen atoms in total. The molecule has 0 spiro atoms. The smallest absolute Gasteiger partial charge is 0.223 e. The number of hydrogen-bond donors (Lipinski definition) is 1. The van der Waals surface area contributed by atoms with E-state index in [-0.39, 0.29) is 17.6 Å². The van der Waals surface area contributed by atoms with Crippen LogP contribution in [-0.4, -0.2) is 35.1 Å². The van der Waals surface area contributed by atoms with Gasteiger partial charge in [-0.3, -0.25) is 4.79 Å². The first kappa shape index (κ1) is 16.2. The second-order valence-corrected chi connectivity index (χ2v) is 5.94. The number of likely N-dealkylation sites (N-methyl/N-ethyl adjacent to an activating group) is 1. The molecule has 2 aromatic rings. The summed E-state index contributed by atoms with van der Waals surface area (Å²) >= 11 is 0. The Balaban J connectivity index is 1.85. The molecular formula is C20H18FNO2. The molecule has 2 aromatic carbocycles. The van der Waals surface area contributed by atoms with Crippen molar-refractivity contribution in [2.45, 2.75) is 24.5 Å². The largest absolute Gasteiger partial charge is 0.378 e. The number of likely N-dealkylation sites (tertiary alicyclic amines) is 1. The maximum Gasteiger partial charge on any atom is 0.223 e. The Morgan fingerprint density at radius 2 is 1.83 bits per heavy atom. The number of amides is 1. The Bertz CT molecular complexity index is 777. The van der Waals surface area contributed by atoms with Crippen molar-refractivity contribution in [2.75, 3.05) is 7.05 Å². The molecule has 1 saturated heterocycles. The number of halogens is 1. The van der Waals surface area contributed by atoms with E-state index in [0.29, 0.717) is 12.0 Å². The van der Waals surface area contributed by atoms with Crippen LogP contribution in [0.15, 0.2) is 54.6 Å². The molecule has 1 aliphatic rings. The van der Waals surface area contributed by atoms with Gasteiger partial charge in [0.25, 0.3) is 0 Å². The zero-order chi connectivity index (χ0) is 17.1. The Morgan fingerprint density at radius 3 is 2.50 bits per heavy atom. The van der Waals surface area contributed by atoms with Crippen molar-refractivity contribution in [1.82, 2.24) is 4.90 Å². The summed E-state index contributed by atoms with van der Waals surface area (Å²) in [5.41, 5.74) is 1.64. The van der Waals surface area contributed by atoms with Gasteiger partial charge < -0.3 is 10.0 Å². The van der Waals surface area contributed by atoms with Crippen molar-refractivity contribution >= 4 is 5.91 Å². The summed E-state index contributed by atoms with van der Waals surface area (Å²) < 4.78 is 12.9. The van der Waals surface area contributed by atoms with E-state index in [1.165, 1.54) is 12.1 Å². The van der Waals surface area contributed by atoms with Gasteiger partial charge in [0.05, 0.1) is 6.04 Å². The van der Waals surface area contributed by atoms with Gasteiger partial charge in [-0.05, 0) is 29.8 Å². The van der Waals surface area contributed by atoms with Crippen LogP contribution in [0.4, 0.5) is 4.39 Å². The molecule has 24 heavy (non-hydrogen) atoms. The summed E-state index contributed by atoms with van der Waals surface area (Å²) in [7, 11) is 1.69. The topological polar surface area (TPSA) is 40.5 Å². The summed E-state index contributed by atoms with van der Waals surface area (Å²) in [6.07, 6.45) is -0.614. The van der Waals surface area contributed by atoms with Crippen LogP contribution < -0.4 is 0 Å². The lowest BCUT2D eigenvalue weighted by atomic mass is 9.88. The number of benzene rings is 2. The molecule has 1 aliphatic heterocycles. The van der Waals surface area contributed by atoms with Gasteiger partial charge in [-0.15, -0.1) is 0 Å². The maximum absolute atomic E-state index is 12.9. The average molecular weight is 323 g/mol. The van der Waals surface area contributed by atoms with Gasteiger partial charge in [0, 0.05) is 24.9 Å².